The van der Waals surface area contributed by atoms with Crippen molar-refractivity contribution in [3.8, 4) is 0 Å². The van der Waals surface area contributed by atoms with Crippen LogP contribution < -0.4 is 0 Å². The molecule has 38 valence electrons. The van der Waals surface area contributed by atoms with Crippen molar-refractivity contribution in [2.24, 2.45) is 5.18 Å². The summed E-state index contributed by atoms with van der Waals surface area (Å²) in [5.41, 5.74) is 0. The summed E-state index contributed by atoms with van der Waals surface area (Å²) in [7, 11) is 0. The van der Waals surface area contributed by atoms with Crippen molar-refractivity contribution in [3.05, 3.63) is 15.0 Å². The molecule has 2 amide bonds. The molecular formula is CN2O4. The Kier molecular flexibility index (Phi) is 1.58. The molecule has 6 nitrogen and oxygen atoms in total. The molecule has 0 saturated heterocycles. The number of hydrogen-bond acceptors (Lipinski definition) is 4. The van der Waals surface area contributed by atoms with Crippen LogP contribution >= 0.6 is 0 Å². The summed E-state index contributed by atoms with van der Waals surface area (Å²) in [6.45, 7) is 0. The summed E-state index contributed by atoms with van der Waals surface area (Å²) in [6.07, 6.45) is 0. The second-order valence-electron chi connectivity index (χ2n) is 0.631. The van der Waals surface area contributed by atoms with E-state index in [4.69, 9.17) is 15.0 Å². The maximum atomic E-state index is 9.33. The van der Waals surface area contributed by atoms with Gasteiger partial charge < -0.3 is 10.1 Å². The average Bonchev–Trinajstić information content (AvgIpc) is 1.65. The summed E-state index contributed by atoms with van der Waals surface area (Å²) >= 11 is 0. The van der Waals surface area contributed by atoms with Gasteiger partial charge in [0.2, 0.25) is 0 Å². The topological polar surface area (TPSA) is 89.6 Å². The van der Waals surface area contributed by atoms with Gasteiger partial charge in [-0.1, -0.05) is 0 Å². The molecule has 0 heterocycles. The third kappa shape index (κ3) is 1.53. The van der Waals surface area contributed by atoms with E-state index in [1.807, 2.05) is 0 Å². The SMILES string of the molecule is O=NC(=O)[N+](=O)[O-]. The minimum Gasteiger partial charge on any atom is -0.355 e. The maximum Gasteiger partial charge on any atom is 0.626 e. The van der Waals surface area contributed by atoms with Crippen LogP contribution in [0.4, 0.5) is 4.79 Å². The molecule has 0 bridgehead atoms. The molecule has 0 spiro atoms. The van der Waals surface area contributed by atoms with E-state index in [9.17, 15) is 4.79 Å². The molecule has 0 radical (unpaired) electrons. The number of rotatable bonds is 0. The number of nitrogens with zero attached hydrogens (tertiary/aromatic N) is 2. The normalized spacial score (nSPS) is 7.43. The van der Waals surface area contributed by atoms with Crippen molar-refractivity contribution in [2.45, 2.75) is 0 Å². The Morgan fingerprint density at radius 2 is 2.14 bits per heavy atom. The number of carbonyl (C=O) groups is 1. The van der Waals surface area contributed by atoms with Crippen LogP contribution in [0, 0.1) is 15.0 Å². The lowest BCUT2D eigenvalue weighted by atomic mass is 11.2. The van der Waals surface area contributed by atoms with Crippen molar-refractivity contribution in [1.82, 2.24) is 0 Å². The predicted molar refractivity (Wildman–Crippen MR) is 18.2 cm³/mol. The maximum absolute atomic E-state index is 9.33. The van der Waals surface area contributed by atoms with Crippen molar-refractivity contribution in [1.29, 1.82) is 0 Å². The predicted octanol–water partition coefficient (Wildman–Crippen LogP) is 0.150. The minimum atomic E-state index is -1.86. The molecule has 0 aromatic heterocycles. The molecule has 0 aromatic carbocycles. The molecular weight excluding hydrogens is 104 g/mol. The first-order chi connectivity index (χ1) is 3.18. The van der Waals surface area contributed by atoms with Crippen LogP contribution in [-0.2, 0) is 0 Å². The van der Waals surface area contributed by atoms with Gasteiger partial charge >= 0.3 is 6.03 Å². The van der Waals surface area contributed by atoms with Crippen LogP contribution in [-0.4, -0.2) is 11.0 Å². The van der Waals surface area contributed by atoms with Gasteiger partial charge in [0.05, 0.1) is 0 Å². The second kappa shape index (κ2) is 1.96. The van der Waals surface area contributed by atoms with Crippen LogP contribution in [0.5, 0.6) is 0 Å². The molecule has 0 unspecified atom stereocenters. The fourth-order valence-corrected chi connectivity index (χ4v) is 0.0333. The Labute approximate surface area is 37.2 Å². The smallest absolute Gasteiger partial charge is 0.355 e. The summed E-state index contributed by atoms with van der Waals surface area (Å²) in [5.74, 6) is 0. The van der Waals surface area contributed by atoms with Gasteiger partial charge in [-0.15, -0.1) is 0 Å². The van der Waals surface area contributed by atoms with Crippen molar-refractivity contribution in [2.75, 3.05) is 0 Å². The van der Waals surface area contributed by atoms with E-state index in [1.54, 1.807) is 0 Å². The van der Waals surface area contributed by atoms with Gasteiger partial charge in [-0.2, -0.15) is 4.79 Å². The van der Waals surface area contributed by atoms with Crippen molar-refractivity contribution < 1.29 is 9.72 Å². The Balaban J connectivity index is 3.81. The van der Waals surface area contributed by atoms with Crippen LogP contribution in [0.25, 0.3) is 0 Å². The Morgan fingerprint density at radius 1 is 1.71 bits per heavy atom. The van der Waals surface area contributed by atoms with Gasteiger partial charge in [-0.3, -0.25) is 0 Å². The Bertz CT molecular complexity index is 117. The molecule has 0 saturated carbocycles. The van der Waals surface area contributed by atoms with Gasteiger partial charge in [-0.25, -0.2) is 0 Å². The monoisotopic (exact) mass is 104 g/mol. The Morgan fingerprint density at radius 3 is 2.14 bits per heavy atom. The highest BCUT2D eigenvalue weighted by atomic mass is 16.6. The average molecular weight is 104 g/mol. The largest absolute Gasteiger partial charge is 0.626 e. The lowest BCUT2D eigenvalue weighted by Gasteiger charge is -1.74. The molecule has 6 heteroatoms. The lowest BCUT2D eigenvalue weighted by molar-refractivity contribution is -0.370. The molecule has 0 aliphatic rings. The summed E-state index contributed by atoms with van der Waals surface area (Å²) in [4.78, 5) is 25.9. The highest BCUT2D eigenvalue weighted by Gasteiger charge is 2.13. The summed E-state index contributed by atoms with van der Waals surface area (Å²) < 4.78 is 0. The molecule has 0 aliphatic carbocycles. The number of amides is 2. The quantitative estimate of drug-likeness (QED) is 0.248. The van der Waals surface area contributed by atoms with E-state index in [0.717, 1.165) is 0 Å². The zero-order chi connectivity index (χ0) is 5.86. The number of nitroso groups, excluding NO2 is 1. The van der Waals surface area contributed by atoms with Crippen LogP contribution in [0.15, 0.2) is 5.18 Å². The van der Waals surface area contributed by atoms with Crippen LogP contribution in [0.3, 0.4) is 0 Å². The third-order valence-corrected chi connectivity index (χ3v) is 0.234. The van der Waals surface area contributed by atoms with Crippen LogP contribution in [0.1, 0.15) is 0 Å². The van der Waals surface area contributed by atoms with Crippen molar-refractivity contribution in [3.63, 3.8) is 0 Å². The number of hydrogen-bond donors (Lipinski definition) is 0. The zero-order valence-corrected chi connectivity index (χ0v) is 3.03. The van der Waals surface area contributed by atoms with E-state index in [1.165, 1.54) is 5.18 Å². The highest BCUT2D eigenvalue weighted by Crippen LogP contribution is 1.74. The third-order valence-electron chi connectivity index (χ3n) is 0.234. The van der Waals surface area contributed by atoms with Gasteiger partial charge in [0.15, 0.2) is 0 Å². The molecule has 0 rings (SSSR count). The fraction of sp³-hybridized carbons (Fsp3) is 0. The Hall–Kier alpha value is -1.33. The zero-order valence-electron chi connectivity index (χ0n) is 3.03. The second-order valence-corrected chi connectivity index (χ2v) is 0.631. The number of nitro groups is 1. The molecule has 0 atom stereocenters. The van der Waals surface area contributed by atoms with E-state index in [0.29, 0.717) is 0 Å². The first-order valence-electron chi connectivity index (χ1n) is 1.20. The lowest BCUT2D eigenvalue weighted by Crippen LogP contribution is -2.03. The standard InChI is InChI=1S/CN2O4/c4-1(2-5)3(6)7. The summed E-state index contributed by atoms with van der Waals surface area (Å²) in [5, 5.41) is 10.6. The number of urea groups is 1. The van der Waals surface area contributed by atoms with Gasteiger partial charge in [0.1, 0.15) is 0 Å². The number of carbonyl (C=O) groups excluding carboxylic acids is 1. The first-order valence-corrected chi connectivity index (χ1v) is 1.20. The summed E-state index contributed by atoms with van der Waals surface area (Å²) in [6, 6.07) is -1.86. The van der Waals surface area contributed by atoms with E-state index in [-0.39, 0.29) is 0 Å². The van der Waals surface area contributed by atoms with Gasteiger partial charge in [-0.05, 0) is 4.91 Å². The highest BCUT2D eigenvalue weighted by molar-refractivity contribution is 5.65. The van der Waals surface area contributed by atoms with Crippen molar-refractivity contribution >= 4 is 6.03 Å². The first kappa shape index (κ1) is 5.67. The molecule has 7 heavy (non-hydrogen) atoms. The molecule has 0 aliphatic heterocycles. The van der Waals surface area contributed by atoms with E-state index < -0.39 is 11.0 Å². The van der Waals surface area contributed by atoms with Crippen LogP contribution in [0.2, 0.25) is 0 Å². The molecule has 0 fully saturated rings. The fourth-order valence-electron chi connectivity index (χ4n) is 0.0333. The minimum absolute atomic E-state index is 1.40. The van der Waals surface area contributed by atoms with E-state index in [2.05, 4.69) is 0 Å². The molecule has 0 N–H and O–H groups in total. The molecule has 0 aromatic rings. The van der Waals surface area contributed by atoms with E-state index >= 15 is 0 Å². The van der Waals surface area contributed by atoms with Gasteiger partial charge in [0, 0.05) is 4.92 Å². The van der Waals surface area contributed by atoms with Gasteiger partial charge in [0.25, 0.3) is 5.18 Å².